The second-order valence-corrected chi connectivity index (χ2v) is 3.62. The Morgan fingerprint density at radius 3 is 2.78 bits per heavy atom. The number of benzene rings is 1. The van der Waals surface area contributed by atoms with Crippen molar-refractivity contribution in [3.05, 3.63) is 33.9 Å². The summed E-state index contributed by atoms with van der Waals surface area (Å²) in [5, 5.41) is 19.5. The van der Waals surface area contributed by atoms with Gasteiger partial charge in [0.15, 0.2) is 5.75 Å². The molecule has 0 aromatic heterocycles. The van der Waals surface area contributed by atoms with Gasteiger partial charge in [0.05, 0.1) is 18.0 Å². The summed E-state index contributed by atoms with van der Waals surface area (Å²) in [7, 11) is 0. The fourth-order valence-corrected chi connectivity index (χ4v) is 1.49. The van der Waals surface area contributed by atoms with E-state index in [2.05, 4.69) is 0 Å². The van der Waals surface area contributed by atoms with Crippen molar-refractivity contribution in [2.45, 2.75) is 19.4 Å². The number of carbonyl (C=O) groups is 1. The first-order valence-corrected chi connectivity index (χ1v) is 5.34. The van der Waals surface area contributed by atoms with Gasteiger partial charge in [0.2, 0.25) is 0 Å². The first-order valence-electron chi connectivity index (χ1n) is 5.34. The average Bonchev–Trinajstić information content (AvgIpc) is 2.28. The van der Waals surface area contributed by atoms with E-state index in [1.54, 1.807) is 6.92 Å². The van der Waals surface area contributed by atoms with Gasteiger partial charge in [-0.25, -0.2) is 0 Å². The SMILES string of the molecule is CCOc1ccc(C(N)CC(=O)O)cc1[N+](=O)[O-]. The highest BCUT2D eigenvalue weighted by molar-refractivity contribution is 5.68. The van der Waals surface area contributed by atoms with Gasteiger partial charge >= 0.3 is 11.7 Å². The summed E-state index contributed by atoms with van der Waals surface area (Å²) >= 11 is 0. The number of aliphatic carboxylic acids is 1. The van der Waals surface area contributed by atoms with E-state index in [0.29, 0.717) is 12.2 Å². The monoisotopic (exact) mass is 254 g/mol. The van der Waals surface area contributed by atoms with Gasteiger partial charge in [0.1, 0.15) is 0 Å². The molecule has 0 bridgehead atoms. The van der Waals surface area contributed by atoms with Gasteiger partial charge in [0, 0.05) is 12.1 Å². The molecule has 0 saturated heterocycles. The Kier molecular flexibility index (Phi) is 4.61. The maximum atomic E-state index is 10.9. The summed E-state index contributed by atoms with van der Waals surface area (Å²) in [6, 6.07) is 3.43. The highest BCUT2D eigenvalue weighted by Crippen LogP contribution is 2.30. The van der Waals surface area contributed by atoms with Gasteiger partial charge in [-0.3, -0.25) is 14.9 Å². The molecule has 0 radical (unpaired) electrons. The van der Waals surface area contributed by atoms with Crippen LogP contribution in [0.1, 0.15) is 24.9 Å². The van der Waals surface area contributed by atoms with Gasteiger partial charge in [-0.05, 0) is 18.6 Å². The summed E-state index contributed by atoms with van der Waals surface area (Å²) in [6.07, 6.45) is -0.287. The molecule has 1 rings (SSSR count). The summed E-state index contributed by atoms with van der Waals surface area (Å²) in [6.45, 7) is 2.02. The normalized spacial score (nSPS) is 11.9. The van der Waals surface area contributed by atoms with Crippen molar-refractivity contribution in [2.75, 3.05) is 6.61 Å². The van der Waals surface area contributed by atoms with E-state index in [4.69, 9.17) is 15.6 Å². The smallest absolute Gasteiger partial charge is 0.311 e. The largest absolute Gasteiger partial charge is 0.487 e. The van der Waals surface area contributed by atoms with Crippen LogP contribution in [0.2, 0.25) is 0 Å². The van der Waals surface area contributed by atoms with E-state index in [0.717, 1.165) is 0 Å². The molecule has 1 aromatic rings. The summed E-state index contributed by atoms with van der Waals surface area (Å²) in [5.41, 5.74) is 5.83. The Balaban J connectivity index is 3.06. The fraction of sp³-hybridized carbons (Fsp3) is 0.364. The van der Waals surface area contributed by atoms with Crippen molar-refractivity contribution in [1.82, 2.24) is 0 Å². The fourth-order valence-electron chi connectivity index (χ4n) is 1.49. The standard InChI is InChI=1S/C11H14N2O5/c1-2-18-10-4-3-7(5-9(10)13(16)17)8(12)6-11(14)15/h3-5,8H,2,6,12H2,1H3,(H,14,15). The lowest BCUT2D eigenvalue weighted by atomic mass is 10.0. The molecular weight excluding hydrogens is 240 g/mol. The molecule has 0 aliphatic rings. The Labute approximate surface area is 103 Å². The number of carboxylic acids is 1. The van der Waals surface area contributed by atoms with E-state index in [-0.39, 0.29) is 17.9 Å². The molecule has 7 nitrogen and oxygen atoms in total. The van der Waals surface area contributed by atoms with Gasteiger partial charge < -0.3 is 15.6 Å². The molecule has 0 spiro atoms. The van der Waals surface area contributed by atoms with Crippen LogP contribution in [-0.4, -0.2) is 22.6 Å². The molecule has 1 unspecified atom stereocenters. The minimum Gasteiger partial charge on any atom is -0.487 e. The van der Waals surface area contributed by atoms with Crippen LogP contribution in [0.4, 0.5) is 5.69 Å². The second kappa shape index (κ2) is 5.97. The molecular formula is C11H14N2O5. The molecule has 1 atom stereocenters. The van der Waals surface area contributed by atoms with Gasteiger partial charge in [0.25, 0.3) is 0 Å². The summed E-state index contributed by atoms with van der Waals surface area (Å²) in [5.74, 6) is -0.909. The zero-order valence-corrected chi connectivity index (χ0v) is 9.83. The molecule has 0 aliphatic carbocycles. The number of hydrogen-bond donors (Lipinski definition) is 2. The molecule has 3 N–H and O–H groups in total. The van der Waals surface area contributed by atoms with Gasteiger partial charge in [-0.2, -0.15) is 0 Å². The molecule has 18 heavy (non-hydrogen) atoms. The third kappa shape index (κ3) is 3.42. The molecule has 1 aromatic carbocycles. The van der Waals surface area contributed by atoms with E-state index in [1.807, 2.05) is 0 Å². The van der Waals surface area contributed by atoms with Crippen molar-refractivity contribution in [3.8, 4) is 5.75 Å². The summed E-state index contributed by atoms with van der Waals surface area (Å²) < 4.78 is 5.12. The topological polar surface area (TPSA) is 116 Å². The van der Waals surface area contributed by atoms with Crippen molar-refractivity contribution in [2.24, 2.45) is 5.73 Å². The first kappa shape index (κ1) is 13.9. The van der Waals surface area contributed by atoms with Crippen LogP contribution in [0.3, 0.4) is 0 Å². The van der Waals surface area contributed by atoms with Crippen molar-refractivity contribution < 1.29 is 19.6 Å². The van der Waals surface area contributed by atoms with Crippen molar-refractivity contribution in [3.63, 3.8) is 0 Å². The van der Waals surface area contributed by atoms with Crippen LogP contribution in [0.15, 0.2) is 18.2 Å². The van der Waals surface area contributed by atoms with E-state index in [1.165, 1.54) is 18.2 Å². The Morgan fingerprint density at radius 1 is 1.61 bits per heavy atom. The van der Waals surface area contributed by atoms with E-state index < -0.39 is 16.9 Å². The van der Waals surface area contributed by atoms with Crippen LogP contribution < -0.4 is 10.5 Å². The highest BCUT2D eigenvalue weighted by Gasteiger charge is 2.19. The molecule has 0 heterocycles. The number of hydrogen-bond acceptors (Lipinski definition) is 5. The zero-order chi connectivity index (χ0) is 13.7. The number of ether oxygens (including phenoxy) is 1. The van der Waals surface area contributed by atoms with Crippen LogP contribution in [0.25, 0.3) is 0 Å². The minimum atomic E-state index is -1.06. The quantitative estimate of drug-likeness (QED) is 0.586. The lowest BCUT2D eigenvalue weighted by Crippen LogP contribution is -2.15. The molecule has 7 heteroatoms. The van der Waals surface area contributed by atoms with Crippen LogP contribution >= 0.6 is 0 Å². The van der Waals surface area contributed by atoms with Gasteiger partial charge in [-0.1, -0.05) is 6.07 Å². The lowest BCUT2D eigenvalue weighted by Gasteiger charge is -2.11. The van der Waals surface area contributed by atoms with Gasteiger partial charge in [-0.15, -0.1) is 0 Å². The molecule has 0 amide bonds. The Hall–Kier alpha value is -2.15. The number of nitrogens with two attached hydrogens (primary N) is 1. The molecule has 0 aliphatic heterocycles. The van der Waals surface area contributed by atoms with Crippen molar-refractivity contribution >= 4 is 11.7 Å². The first-order chi connectivity index (χ1) is 8.45. The van der Waals surface area contributed by atoms with E-state index >= 15 is 0 Å². The minimum absolute atomic E-state index is 0.147. The Bertz CT molecular complexity index is 461. The molecule has 98 valence electrons. The number of carboxylic acid groups (broad SMARTS) is 1. The van der Waals surface area contributed by atoms with Crippen LogP contribution in [0, 0.1) is 10.1 Å². The van der Waals surface area contributed by atoms with Crippen LogP contribution in [-0.2, 0) is 4.79 Å². The third-order valence-electron chi connectivity index (χ3n) is 2.30. The molecule has 0 saturated carbocycles. The summed E-state index contributed by atoms with van der Waals surface area (Å²) in [4.78, 5) is 20.8. The predicted molar refractivity (Wildman–Crippen MR) is 63.4 cm³/mol. The number of nitrogens with zero attached hydrogens (tertiary/aromatic N) is 1. The average molecular weight is 254 g/mol. The zero-order valence-electron chi connectivity index (χ0n) is 9.83. The lowest BCUT2D eigenvalue weighted by molar-refractivity contribution is -0.385. The molecule has 0 fully saturated rings. The van der Waals surface area contributed by atoms with Crippen molar-refractivity contribution in [1.29, 1.82) is 0 Å². The predicted octanol–water partition coefficient (Wildman–Crippen LogP) is 1.47. The highest BCUT2D eigenvalue weighted by atomic mass is 16.6. The maximum absolute atomic E-state index is 10.9. The second-order valence-electron chi connectivity index (χ2n) is 3.62. The number of rotatable bonds is 6. The maximum Gasteiger partial charge on any atom is 0.311 e. The van der Waals surface area contributed by atoms with Crippen LogP contribution in [0.5, 0.6) is 5.75 Å². The number of nitro benzene ring substituents is 1. The number of nitro groups is 1. The Morgan fingerprint density at radius 2 is 2.28 bits per heavy atom. The van der Waals surface area contributed by atoms with E-state index in [9.17, 15) is 14.9 Å². The third-order valence-corrected chi connectivity index (χ3v) is 2.30.